The van der Waals surface area contributed by atoms with E-state index in [-0.39, 0.29) is 5.60 Å². The van der Waals surface area contributed by atoms with Crippen molar-refractivity contribution in [3.05, 3.63) is 0 Å². The molecule has 0 atom stereocenters. The number of hydrogen-bond acceptors (Lipinski definition) is 3. The second-order valence-corrected chi connectivity index (χ2v) is 3.96. The summed E-state index contributed by atoms with van der Waals surface area (Å²) in [4.78, 5) is 9.60. The number of carbonyl (C=O) groups is 1. The number of nitrogens with two attached hydrogens (primary N) is 1. The van der Waals surface area contributed by atoms with E-state index in [1.54, 1.807) is 0 Å². The largest absolute Gasteiger partial charge is 0.462 e. The maximum atomic E-state index is 9.60. The molecule has 0 unspecified atom stereocenters. The third-order valence-corrected chi connectivity index (χ3v) is 0.873. The lowest BCUT2D eigenvalue weighted by Crippen LogP contribution is -2.17. The Kier molecular flexibility index (Phi) is 8.27. The number of rotatable bonds is 2. The van der Waals surface area contributed by atoms with Crippen LogP contribution in [0.25, 0.3) is 0 Å². The van der Waals surface area contributed by atoms with Gasteiger partial charge in [-0.05, 0) is 33.2 Å². The molecule has 74 valence electrons. The Morgan fingerprint density at radius 3 is 1.75 bits per heavy atom. The van der Waals surface area contributed by atoms with Crippen LogP contribution in [0.5, 0.6) is 0 Å². The van der Waals surface area contributed by atoms with Gasteiger partial charge in [0.2, 0.25) is 0 Å². The van der Waals surface area contributed by atoms with Crippen molar-refractivity contribution in [1.82, 2.24) is 0 Å². The molecule has 3 heteroatoms. The van der Waals surface area contributed by atoms with Crippen LogP contribution in [0.15, 0.2) is 0 Å². The van der Waals surface area contributed by atoms with Crippen LogP contribution in [0.3, 0.4) is 0 Å². The molecule has 0 spiro atoms. The third-order valence-electron chi connectivity index (χ3n) is 0.873. The van der Waals surface area contributed by atoms with Gasteiger partial charge in [-0.25, -0.2) is 0 Å². The van der Waals surface area contributed by atoms with E-state index in [4.69, 9.17) is 5.73 Å². The molecule has 0 saturated carbocycles. The van der Waals surface area contributed by atoms with E-state index >= 15 is 0 Å². The summed E-state index contributed by atoms with van der Waals surface area (Å²) in [6, 6.07) is 0. The Morgan fingerprint density at radius 2 is 1.75 bits per heavy atom. The molecule has 12 heavy (non-hydrogen) atoms. The fraction of sp³-hybridized carbons (Fsp3) is 0.889. The number of hydrogen-bond donors (Lipinski definition) is 1. The Labute approximate surface area is 75.3 Å². The second-order valence-electron chi connectivity index (χ2n) is 3.96. The first-order chi connectivity index (χ1) is 5.33. The van der Waals surface area contributed by atoms with Gasteiger partial charge in [-0.15, -0.1) is 0 Å². The highest BCUT2D eigenvalue weighted by molar-refractivity contribution is 5.37. The van der Waals surface area contributed by atoms with E-state index in [1.165, 1.54) is 0 Å². The van der Waals surface area contributed by atoms with Gasteiger partial charge in [0.25, 0.3) is 6.47 Å². The molecule has 0 aromatic heterocycles. The lowest BCUT2D eigenvalue weighted by atomic mass is 10.2. The second kappa shape index (κ2) is 7.10. The van der Waals surface area contributed by atoms with E-state index < -0.39 is 0 Å². The normalized spacial score (nSPS) is 10.2. The summed E-state index contributed by atoms with van der Waals surface area (Å²) in [5.41, 5.74) is 4.85. The topological polar surface area (TPSA) is 52.3 Å². The van der Waals surface area contributed by atoms with E-state index in [9.17, 15) is 4.79 Å². The van der Waals surface area contributed by atoms with E-state index in [1.807, 2.05) is 20.8 Å². The molecule has 0 aliphatic rings. The van der Waals surface area contributed by atoms with Crippen LogP contribution >= 0.6 is 0 Å². The minimum absolute atomic E-state index is 0.318. The van der Waals surface area contributed by atoms with Crippen molar-refractivity contribution in [3.8, 4) is 0 Å². The molecule has 0 radical (unpaired) electrons. The fourth-order valence-corrected chi connectivity index (χ4v) is 0.144. The smallest absolute Gasteiger partial charge is 0.293 e. The monoisotopic (exact) mass is 175 g/mol. The average Bonchev–Trinajstić information content (AvgIpc) is 1.86. The van der Waals surface area contributed by atoms with Gasteiger partial charge in [-0.3, -0.25) is 4.79 Å². The van der Waals surface area contributed by atoms with E-state index in [0.29, 0.717) is 12.4 Å². The van der Waals surface area contributed by atoms with Gasteiger partial charge in [0.05, 0.1) is 0 Å². The van der Waals surface area contributed by atoms with Crippen molar-refractivity contribution in [1.29, 1.82) is 0 Å². The Balaban J connectivity index is 0. The van der Waals surface area contributed by atoms with Crippen LogP contribution in [0.2, 0.25) is 0 Å². The molecule has 0 aliphatic carbocycles. The van der Waals surface area contributed by atoms with Crippen LogP contribution < -0.4 is 5.73 Å². The first-order valence-electron chi connectivity index (χ1n) is 4.15. The first kappa shape index (κ1) is 14.0. The standard InChI is InChI=1S/C5H10O2.C4H11N/c1-5(2,3)7-4-6;1-4(2)3-5/h4H,1-3H3;4H,3,5H2,1-2H3. The summed E-state index contributed by atoms with van der Waals surface area (Å²) in [5, 5.41) is 0. The molecule has 0 aromatic carbocycles. The van der Waals surface area contributed by atoms with Gasteiger partial charge in [-0.2, -0.15) is 0 Å². The quantitative estimate of drug-likeness (QED) is 0.648. The van der Waals surface area contributed by atoms with Crippen LogP contribution in [-0.2, 0) is 9.53 Å². The molecule has 0 heterocycles. The summed E-state index contributed by atoms with van der Waals surface area (Å²) in [6.07, 6.45) is 0. The van der Waals surface area contributed by atoms with E-state index in [2.05, 4.69) is 18.6 Å². The highest BCUT2D eigenvalue weighted by Gasteiger charge is 2.07. The van der Waals surface area contributed by atoms with Gasteiger partial charge in [0, 0.05) is 0 Å². The maximum absolute atomic E-state index is 9.60. The van der Waals surface area contributed by atoms with Crippen LogP contribution in [-0.4, -0.2) is 18.6 Å². The highest BCUT2D eigenvalue weighted by Crippen LogP contribution is 2.02. The van der Waals surface area contributed by atoms with Crippen molar-refractivity contribution in [2.75, 3.05) is 6.54 Å². The maximum Gasteiger partial charge on any atom is 0.293 e. The lowest BCUT2D eigenvalue weighted by molar-refractivity contribution is -0.138. The number of carbonyl (C=O) groups excluding carboxylic acids is 1. The van der Waals surface area contributed by atoms with Crippen molar-refractivity contribution in [2.24, 2.45) is 11.7 Å². The zero-order valence-electron chi connectivity index (χ0n) is 8.76. The summed E-state index contributed by atoms with van der Waals surface area (Å²) >= 11 is 0. The van der Waals surface area contributed by atoms with Crippen LogP contribution in [0.1, 0.15) is 34.6 Å². The lowest BCUT2D eigenvalue weighted by Gasteiger charge is -2.14. The summed E-state index contributed by atoms with van der Waals surface area (Å²) in [7, 11) is 0. The predicted octanol–water partition coefficient (Wildman–Crippen LogP) is 1.56. The van der Waals surface area contributed by atoms with Crippen molar-refractivity contribution < 1.29 is 9.53 Å². The molecular weight excluding hydrogens is 154 g/mol. The van der Waals surface area contributed by atoms with Gasteiger partial charge >= 0.3 is 0 Å². The van der Waals surface area contributed by atoms with Crippen molar-refractivity contribution >= 4 is 6.47 Å². The van der Waals surface area contributed by atoms with Crippen molar-refractivity contribution in [2.45, 2.75) is 40.2 Å². The molecule has 3 nitrogen and oxygen atoms in total. The summed E-state index contributed by atoms with van der Waals surface area (Å²) in [6.45, 7) is 10.9. The van der Waals surface area contributed by atoms with Crippen LogP contribution in [0, 0.1) is 5.92 Å². The van der Waals surface area contributed by atoms with Crippen LogP contribution in [0.4, 0.5) is 0 Å². The van der Waals surface area contributed by atoms with Gasteiger partial charge < -0.3 is 10.5 Å². The number of ether oxygens (including phenoxy) is 1. The predicted molar refractivity (Wildman–Crippen MR) is 50.8 cm³/mol. The molecule has 2 N–H and O–H groups in total. The molecule has 0 rings (SSSR count). The minimum Gasteiger partial charge on any atom is -0.462 e. The Morgan fingerprint density at radius 1 is 1.42 bits per heavy atom. The summed E-state index contributed by atoms with van der Waals surface area (Å²) < 4.78 is 4.55. The molecule has 0 aliphatic heterocycles. The molecule has 0 fully saturated rings. The van der Waals surface area contributed by atoms with E-state index in [0.717, 1.165) is 6.54 Å². The zero-order valence-corrected chi connectivity index (χ0v) is 8.76. The molecule has 0 saturated heterocycles. The first-order valence-corrected chi connectivity index (χ1v) is 4.15. The summed E-state index contributed by atoms with van der Waals surface area (Å²) in [5.74, 6) is 0.662. The minimum atomic E-state index is -0.318. The van der Waals surface area contributed by atoms with Crippen molar-refractivity contribution in [3.63, 3.8) is 0 Å². The molecule has 0 aromatic rings. The van der Waals surface area contributed by atoms with Gasteiger partial charge in [0.1, 0.15) is 5.60 Å². The van der Waals surface area contributed by atoms with Gasteiger partial charge in [0.15, 0.2) is 0 Å². The fourth-order valence-electron chi connectivity index (χ4n) is 0.144. The SMILES string of the molecule is CC(C)(C)OC=O.CC(C)CN. The van der Waals surface area contributed by atoms with Gasteiger partial charge in [-0.1, -0.05) is 13.8 Å². The third kappa shape index (κ3) is 22.7. The Bertz CT molecular complexity index is 106. The molecule has 0 bridgehead atoms. The highest BCUT2D eigenvalue weighted by atomic mass is 16.5. The Hall–Kier alpha value is -0.570. The zero-order chi connectivity index (χ0) is 10.2. The molecular formula is C9H21NO2. The molecule has 0 amide bonds. The average molecular weight is 175 g/mol.